The van der Waals surface area contributed by atoms with Crippen LogP contribution in [0.1, 0.15) is 70.1 Å². The van der Waals surface area contributed by atoms with Gasteiger partial charge in [-0.25, -0.2) is 13.4 Å². The number of sulfone groups is 1. The number of hydrogen-bond donors (Lipinski definition) is 3. The molecule has 1 unspecified atom stereocenters. The van der Waals surface area contributed by atoms with Gasteiger partial charge < -0.3 is 20.5 Å². The zero-order valence-electron chi connectivity index (χ0n) is 28.3. The third-order valence-corrected chi connectivity index (χ3v) is 11.7. The molecule has 11 heteroatoms. The zero-order valence-corrected chi connectivity index (χ0v) is 29.9. The first kappa shape index (κ1) is 37.7. The molecule has 48 heavy (non-hydrogen) atoms. The highest BCUT2D eigenvalue weighted by molar-refractivity contribution is 7.91. The number of ether oxygens (including phenoxy) is 1. The molecule has 2 aromatic carbocycles. The van der Waals surface area contributed by atoms with E-state index in [2.05, 4.69) is 29.5 Å². The molecule has 262 valence electrons. The second-order valence-electron chi connectivity index (χ2n) is 13.5. The molecule has 1 fully saturated rings. The van der Waals surface area contributed by atoms with E-state index in [4.69, 9.17) is 4.74 Å². The van der Waals surface area contributed by atoms with Gasteiger partial charge in [0.05, 0.1) is 39.9 Å². The Morgan fingerprint density at radius 3 is 2.23 bits per heavy atom. The van der Waals surface area contributed by atoms with Crippen molar-refractivity contribution in [1.82, 2.24) is 15.6 Å². The highest BCUT2D eigenvalue weighted by Crippen LogP contribution is 2.29. The van der Waals surface area contributed by atoms with Gasteiger partial charge in [-0.1, -0.05) is 94.5 Å². The minimum Gasteiger partial charge on any atom is -0.388 e. The van der Waals surface area contributed by atoms with Gasteiger partial charge in [0.25, 0.3) is 0 Å². The summed E-state index contributed by atoms with van der Waals surface area (Å²) < 4.78 is 32.7. The number of amides is 2. The molecule has 1 aliphatic rings. The molecule has 3 N–H and O–H groups in total. The van der Waals surface area contributed by atoms with Gasteiger partial charge in [0.2, 0.25) is 11.8 Å². The third kappa shape index (κ3) is 11.5. The first-order valence-electron chi connectivity index (χ1n) is 17.1. The van der Waals surface area contributed by atoms with Crippen LogP contribution in [0, 0.1) is 17.8 Å². The van der Waals surface area contributed by atoms with Gasteiger partial charge in [0.15, 0.2) is 9.84 Å². The summed E-state index contributed by atoms with van der Waals surface area (Å²) in [5.74, 6) is -1.72. The Hall–Kier alpha value is -3.12. The smallest absolute Gasteiger partial charge is 0.243 e. The number of carbonyl (C=O) groups excluding carboxylic acids is 2. The number of benzene rings is 2. The fourth-order valence-corrected chi connectivity index (χ4v) is 8.74. The monoisotopic (exact) mass is 697 g/mol. The molecule has 0 radical (unpaired) electrons. The Labute approximate surface area is 289 Å². The first-order valence-corrected chi connectivity index (χ1v) is 19.7. The molecule has 0 bridgehead atoms. The average molecular weight is 698 g/mol. The Kier molecular flexibility index (Phi) is 14.6. The molecule has 4 rings (SSSR count). The maximum Gasteiger partial charge on any atom is 0.243 e. The summed E-state index contributed by atoms with van der Waals surface area (Å²) in [6.07, 6.45) is 5.64. The predicted molar refractivity (Wildman–Crippen MR) is 189 cm³/mol. The summed E-state index contributed by atoms with van der Waals surface area (Å²) in [4.78, 5) is 32.7. The lowest BCUT2D eigenvalue weighted by Crippen LogP contribution is -2.57. The molecule has 1 heterocycles. The largest absolute Gasteiger partial charge is 0.388 e. The van der Waals surface area contributed by atoms with Crippen molar-refractivity contribution in [3.05, 3.63) is 82.8 Å². The Morgan fingerprint density at radius 1 is 0.958 bits per heavy atom. The van der Waals surface area contributed by atoms with Gasteiger partial charge in [0, 0.05) is 18.9 Å². The molecule has 1 saturated carbocycles. The maximum atomic E-state index is 14.2. The summed E-state index contributed by atoms with van der Waals surface area (Å²) in [7, 11) is -2.24. The van der Waals surface area contributed by atoms with Crippen LogP contribution in [-0.2, 0) is 37.0 Å². The lowest BCUT2D eigenvalue weighted by molar-refractivity contribution is -0.132. The number of carbonyl (C=O) groups is 2. The summed E-state index contributed by atoms with van der Waals surface area (Å²) in [6, 6.07) is 15.7. The van der Waals surface area contributed by atoms with Crippen LogP contribution < -0.4 is 10.6 Å². The van der Waals surface area contributed by atoms with Crippen molar-refractivity contribution < 1.29 is 27.9 Å². The van der Waals surface area contributed by atoms with Crippen LogP contribution in [0.15, 0.2) is 76.4 Å². The summed E-state index contributed by atoms with van der Waals surface area (Å²) >= 11 is 1.39. The van der Waals surface area contributed by atoms with Crippen molar-refractivity contribution in [3.63, 3.8) is 0 Å². The number of hydrogen-bond acceptors (Lipinski definition) is 8. The minimum absolute atomic E-state index is 0.122. The topological polar surface area (TPSA) is 135 Å². The molecule has 1 aromatic heterocycles. The van der Waals surface area contributed by atoms with Crippen LogP contribution in [0.3, 0.4) is 0 Å². The van der Waals surface area contributed by atoms with E-state index >= 15 is 0 Å². The lowest BCUT2D eigenvalue weighted by atomic mass is 9.82. The number of methoxy groups -OCH3 is 1. The number of nitrogens with zero attached hydrogens (tertiary/aromatic N) is 1. The van der Waals surface area contributed by atoms with Crippen molar-refractivity contribution in [2.75, 3.05) is 12.9 Å². The molecule has 9 nitrogen and oxygen atoms in total. The van der Waals surface area contributed by atoms with Crippen LogP contribution in [0.2, 0.25) is 0 Å². The van der Waals surface area contributed by atoms with Crippen LogP contribution in [0.5, 0.6) is 0 Å². The zero-order chi connectivity index (χ0) is 34.5. The van der Waals surface area contributed by atoms with Crippen molar-refractivity contribution in [3.8, 4) is 0 Å². The molecule has 0 spiro atoms. The first-order chi connectivity index (χ1) is 23.1. The highest BCUT2D eigenvalue weighted by atomic mass is 32.2. The van der Waals surface area contributed by atoms with E-state index in [0.29, 0.717) is 24.5 Å². The summed E-state index contributed by atoms with van der Waals surface area (Å²) in [5, 5.41) is 19.4. The van der Waals surface area contributed by atoms with Crippen molar-refractivity contribution in [2.45, 2.75) is 101 Å². The normalized spacial score (nSPS) is 17.3. The predicted octanol–water partition coefficient (Wildman–Crippen LogP) is 5.38. The maximum absolute atomic E-state index is 14.2. The fourth-order valence-electron chi connectivity index (χ4n) is 6.61. The number of aliphatic hydroxyl groups is 1. The van der Waals surface area contributed by atoms with Crippen molar-refractivity contribution >= 4 is 33.0 Å². The van der Waals surface area contributed by atoms with E-state index in [0.717, 1.165) is 31.2 Å². The van der Waals surface area contributed by atoms with Crippen molar-refractivity contribution in [2.24, 2.45) is 17.8 Å². The molecular weight excluding hydrogens is 647 g/mol. The van der Waals surface area contributed by atoms with Gasteiger partial charge in [-0.2, -0.15) is 0 Å². The molecular formula is C37H51N3O6S2. The van der Waals surface area contributed by atoms with Gasteiger partial charge in [0.1, 0.15) is 12.1 Å². The summed E-state index contributed by atoms with van der Waals surface area (Å²) in [6.45, 7) is 4.13. The fraction of sp³-hybridized carbons (Fsp3) is 0.541. The molecule has 0 saturated heterocycles. The lowest BCUT2D eigenvalue weighted by Gasteiger charge is -2.35. The average Bonchev–Trinajstić information content (AvgIpc) is 3.60. The standard InChI is InChI=1S/C37H51N3O6S2/c1-26(2)19-34(46-3)35(41)32(21-28-15-9-5-10-16-28)39-37(43)33(22-30-23-47-25-38-30)40-36(42)29(20-27-13-7-4-8-14-27)24-48(44,45)31-17-11-6-12-18-31/h4,6-8,11-14,17-18,23,25-26,28-29,32-35,41H,5,9-10,15-16,19-22,24H2,1-3H3,(H,39,43)(H,40,42)/t29?,32-,33-,34-,35+/m0/s1. The third-order valence-electron chi connectivity index (χ3n) is 9.19. The quantitative estimate of drug-likeness (QED) is 0.163. The Balaban J connectivity index is 1.59. The number of aliphatic hydroxyl groups excluding tert-OH is 1. The van der Waals surface area contributed by atoms with E-state index in [-0.39, 0.29) is 23.7 Å². The highest BCUT2D eigenvalue weighted by Gasteiger charge is 2.35. The van der Waals surface area contributed by atoms with Crippen molar-refractivity contribution in [1.29, 1.82) is 0 Å². The molecule has 5 atom stereocenters. The second-order valence-corrected chi connectivity index (χ2v) is 16.2. The van der Waals surface area contributed by atoms with Crippen LogP contribution in [0.4, 0.5) is 0 Å². The van der Waals surface area contributed by atoms with Crippen LogP contribution in [0.25, 0.3) is 0 Å². The van der Waals surface area contributed by atoms with E-state index in [1.807, 2.05) is 35.7 Å². The molecule has 1 aliphatic carbocycles. The van der Waals surface area contributed by atoms with E-state index < -0.39 is 57.6 Å². The van der Waals surface area contributed by atoms with E-state index in [9.17, 15) is 23.1 Å². The van der Waals surface area contributed by atoms with Crippen LogP contribution in [-0.4, -0.2) is 67.5 Å². The second kappa shape index (κ2) is 18.6. The molecule has 2 amide bonds. The molecule has 3 aromatic rings. The number of rotatable bonds is 18. The Morgan fingerprint density at radius 2 is 1.62 bits per heavy atom. The number of thiazole rings is 1. The van der Waals surface area contributed by atoms with Gasteiger partial charge in [-0.15, -0.1) is 11.3 Å². The number of aromatic nitrogens is 1. The van der Waals surface area contributed by atoms with E-state index in [1.54, 1.807) is 30.8 Å². The van der Waals surface area contributed by atoms with E-state index in [1.165, 1.54) is 29.9 Å². The summed E-state index contributed by atoms with van der Waals surface area (Å²) in [5.41, 5.74) is 3.12. The number of nitrogens with one attached hydrogen (secondary N) is 2. The SMILES string of the molecule is CO[C@@H](CC(C)C)[C@H](O)[C@H](CC1CCCCC1)NC(=O)[C@H](Cc1cscn1)NC(=O)C(Cc1ccccc1)CS(=O)(=O)c1ccccc1. The Bertz CT molecular complexity index is 1500. The minimum atomic E-state index is -3.82. The molecule has 0 aliphatic heterocycles. The van der Waals surface area contributed by atoms with Crippen LogP contribution >= 0.6 is 11.3 Å². The van der Waals surface area contributed by atoms with Gasteiger partial charge >= 0.3 is 0 Å². The van der Waals surface area contributed by atoms with Gasteiger partial charge in [-0.3, -0.25) is 9.59 Å². The van der Waals surface area contributed by atoms with Gasteiger partial charge in [-0.05, 0) is 48.8 Å².